The van der Waals surface area contributed by atoms with E-state index in [2.05, 4.69) is 10.1 Å². The SMILES string of the molecule is COC(=O)CCCCCNC(=O)c1cc(F)cc(F)c1. The molecule has 0 fully saturated rings. The second kappa shape index (κ2) is 8.24. The van der Waals surface area contributed by atoms with Gasteiger partial charge in [-0.1, -0.05) is 6.42 Å². The zero-order valence-electron chi connectivity index (χ0n) is 11.2. The van der Waals surface area contributed by atoms with Crippen molar-refractivity contribution in [2.45, 2.75) is 25.7 Å². The van der Waals surface area contributed by atoms with Crippen LogP contribution in [0.1, 0.15) is 36.0 Å². The Labute approximate surface area is 116 Å². The molecule has 0 saturated heterocycles. The van der Waals surface area contributed by atoms with Crippen LogP contribution in [0.2, 0.25) is 0 Å². The van der Waals surface area contributed by atoms with Crippen LogP contribution in [0.25, 0.3) is 0 Å². The fourth-order valence-electron chi connectivity index (χ4n) is 1.66. The number of amides is 1. The quantitative estimate of drug-likeness (QED) is 0.618. The van der Waals surface area contributed by atoms with Crippen LogP contribution >= 0.6 is 0 Å². The third kappa shape index (κ3) is 5.77. The number of carbonyl (C=O) groups is 2. The summed E-state index contributed by atoms with van der Waals surface area (Å²) in [5.74, 6) is -2.35. The normalized spacial score (nSPS) is 10.2. The average molecular weight is 285 g/mol. The maximum absolute atomic E-state index is 12.9. The molecule has 0 aromatic heterocycles. The van der Waals surface area contributed by atoms with Gasteiger partial charge in [0.25, 0.3) is 5.91 Å². The van der Waals surface area contributed by atoms with Crippen molar-refractivity contribution in [1.82, 2.24) is 5.32 Å². The number of esters is 1. The number of carbonyl (C=O) groups excluding carboxylic acids is 2. The summed E-state index contributed by atoms with van der Waals surface area (Å²) in [5.41, 5.74) is -0.0444. The topological polar surface area (TPSA) is 55.4 Å². The molecule has 0 atom stereocenters. The highest BCUT2D eigenvalue weighted by atomic mass is 19.1. The molecule has 0 spiro atoms. The molecule has 20 heavy (non-hydrogen) atoms. The van der Waals surface area contributed by atoms with Crippen molar-refractivity contribution in [3.8, 4) is 0 Å². The van der Waals surface area contributed by atoms with E-state index >= 15 is 0 Å². The Kier molecular flexibility index (Phi) is 6.63. The van der Waals surface area contributed by atoms with Crippen molar-refractivity contribution >= 4 is 11.9 Å². The molecule has 6 heteroatoms. The van der Waals surface area contributed by atoms with E-state index < -0.39 is 17.5 Å². The second-order valence-electron chi connectivity index (χ2n) is 4.30. The Hall–Kier alpha value is -1.98. The van der Waals surface area contributed by atoms with Crippen molar-refractivity contribution in [1.29, 1.82) is 0 Å². The lowest BCUT2D eigenvalue weighted by atomic mass is 10.1. The van der Waals surface area contributed by atoms with Gasteiger partial charge in [0.2, 0.25) is 0 Å². The summed E-state index contributed by atoms with van der Waals surface area (Å²) in [7, 11) is 1.33. The number of rotatable bonds is 7. The zero-order chi connectivity index (χ0) is 15.0. The number of unbranched alkanes of at least 4 members (excludes halogenated alkanes) is 2. The zero-order valence-corrected chi connectivity index (χ0v) is 11.2. The van der Waals surface area contributed by atoms with Crippen LogP contribution < -0.4 is 5.32 Å². The predicted octanol–water partition coefficient (Wildman–Crippen LogP) is 2.43. The largest absolute Gasteiger partial charge is 0.469 e. The van der Waals surface area contributed by atoms with Crippen LogP contribution in [-0.2, 0) is 9.53 Å². The van der Waals surface area contributed by atoms with Gasteiger partial charge in [-0.2, -0.15) is 0 Å². The van der Waals surface area contributed by atoms with E-state index in [1.807, 2.05) is 0 Å². The Morgan fingerprint density at radius 3 is 2.35 bits per heavy atom. The van der Waals surface area contributed by atoms with Crippen molar-refractivity contribution in [2.75, 3.05) is 13.7 Å². The van der Waals surface area contributed by atoms with Crippen LogP contribution in [0.15, 0.2) is 18.2 Å². The molecule has 0 bridgehead atoms. The average Bonchev–Trinajstić information content (AvgIpc) is 2.40. The monoisotopic (exact) mass is 285 g/mol. The predicted molar refractivity (Wildman–Crippen MR) is 69.2 cm³/mol. The Morgan fingerprint density at radius 2 is 1.75 bits per heavy atom. The van der Waals surface area contributed by atoms with E-state index in [0.717, 1.165) is 18.6 Å². The summed E-state index contributed by atoms with van der Waals surface area (Å²) in [6.07, 6.45) is 2.46. The van der Waals surface area contributed by atoms with Gasteiger partial charge in [-0.3, -0.25) is 9.59 Å². The van der Waals surface area contributed by atoms with Crippen molar-refractivity contribution in [3.05, 3.63) is 35.4 Å². The van der Waals surface area contributed by atoms with E-state index in [0.29, 0.717) is 31.9 Å². The minimum absolute atomic E-state index is 0.0444. The summed E-state index contributed by atoms with van der Waals surface area (Å²) in [5, 5.41) is 2.57. The summed E-state index contributed by atoms with van der Waals surface area (Å²) in [6.45, 7) is 0.387. The minimum atomic E-state index is -0.784. The molecule has 0 heterocycles. The van der Waals surface area contributed by atoms with Crippen molar-refractivity contribution < 1.29 is 23.1 Å². The van der Waals surface area contributed by atoms with E-state index in [-0.39, 0.29) is 11.5 Å². The lowest BCUT2D eigenvalue weighted by Crippen LogP contribution is -2.24. The molecule has 1 aromatic rings. The third-order valence-electron chi connectivity index (χ3n) is 2.70. The summed E-state index contributed by atoms with van der Waals surface area (Å²) in [4.78, 5) is 22.5. The van der Waals surface area contributed by atoms with Crippen LogP contribution in [0, 0.1) is 11.6 Å². The van der Waals surface area contributed by atoms with Crippen molar-refractivity contribution in [2.24, 2.45) is 0 Å². The van der Waals surface area contributed by atoms with Gasteiger partial charge in [0, 0.05) is 24.6 Å². The molecule has 0 aliphatic heterocycles. The first-order valence-corrected chi connectivity index (χ1v) is 6.34. The molecule has 1 aromatic carbocycles. The Balaban J connectivity index is 2.25. The number of methoxy groups -OCH3 is 1. The Morgan fingerprint density at radius 1 is 1.10 bits per heavy atom. The van der Waals surface area contributed by atoms with Gasteiger partial charge in [-0.25, -0.2) is 8.78 Å². The highest BCUT2D eigenvalue weighted by molar-refractivity contribution is 5.94. The van der Waals surface area contributed by atoms with E-state index in [9.17, 15) is 18.4 Å². The van der Waals surface area contributed by atoms with Gasteiger partial charge >= 0.3 is 5.97 Å². The summed E-state index contributed by atoms with van der Waals surface area (Å²) in [6, 6.07) is 2.68. The van der Waals surface area contributed by atoms with Crippen LogP contribution in [0.3, 0.4) is 0 Å². The fraction of sp³-hybridized carbons (Fsp3) is 0.429. The Bertz CT molecular complexity index is 457. The second-order valence-corrected chi connectivity index (χ2v) is 4.30. The van der Waals surface area contributed by atoms with Gasteiger partial charge < -0.3 is 10.1 Å². The van der Waals surface area contributed by atoms with Crippen LogP contribution in [0.5, 0.6) is 0 Å². The maximum atomic E-state index is 12.9. The standard InChI is InChI=1S/C14H17F2NO3/c1-20-13(18)5-3-2-4-6-17-14(19)10-7-11(15)9-12(16)8-10/h7-9H,2-6H2,1H3,(H,17,19). The highest BCUT2D eigenvalue weighted by Crippen LogP contribution is 2.08. The molecule has 0 saturated carbocycles. The summed E-state index contributed by atoms with van der Waals surface area (Å²) < 4.78 is 30.3. The van der Waals surface area contributed by atoms with Crippen molar-refractivity contribution in [3.63, 3.8) is 0 Å². The van der Waals surface area contributed by atoms with Crippen LogP contribution in [0.4, 0.5) is 8.78 Å². The molecule has 1 amide bonds. The van der Waals surface area contributed by atoms with Gasteiger partial charge in [0.1, 0.15) is 11.6 Å². The third-order valence-corrected chi connectivity index (χ3v) is 2.70. The number of nitrogens with one attached hydrogen (secondary N) is 1. The first-order valence-electron chi connectivity index (χ1n) is 6.34. The number of ether oxygens (including phenoxy) is 1. The number of halogens is 2. The molecule has 1 rings (SSSR count). The first-order chi connectivity index (χ1) is 9.52. The van der Waals surface area contributed by atoms with E-state index in [1.54, 1.807) is 0 Å². The maximum Gasteiger partial charge on any atom is 0.305 e. The lowest BCUT2D eigenvalue weighted by Gasteiger charge is -2.05. The van der Waals surface area contributed by atoms with Gasteiger partial charge in [0.05, 0.1) is 7.11 Å². The molecular weight excluding hydrogens is 268 g/mol. The molecule has 0 aliphatic rings. The molecule has 0 aliphatic carbocycles. The van der Waals surface area contributed by atoms with Crippen LogP contribution in [-0.4, -0.2) is 25.5 Å². The minimum Gasteiger partial charge on any atom is -0.469 e. The molecule has 4 nitrogen and oxygen atoms in total. The number of hydrogen-bond acceptors (Lipinski definition) is 3. The fourth-order valence-corrected chi connectivity index (χ4v) is 1.66. The van der Waals surface area contributed by atoms with Gasteiger partial charge in [0.15, 0.2) is 0 Å². The molecule has 0 radical (unpaired) electrons. The first kappa shape index (κ1) is 16.1. The van der Waals surface area contributed by atoms with Gasteiger partial charge in [-0.15, -0.1) is 0 Å². The highest BCUT2D eigenvalue weighted by Gasteiger charge is 2.08. The lowest BCUT2D eigenvalue weighted by molar-refractivity contribution is -0.140. The smallest absolute Gasteiger partial charge is 0.305 e. The molecule has 110 valence electrons. The van der Waals surface area contributed by atoms with E-state index in [1.165, 1.54) is 7.11 Å². The molecular formula is C14H17F2NO3. The summed E-state index contributed by atoms with van der Waals surface area (Å²) >= 11 is 0. The number of hydrogen-bond donors (Lipinski definition) is 1. The number of benzene rings is 1. The molecule has 0 unspecified atom stereocenters. The van der Waals surface area contributed by atoms with Gasteiger partial charge in [-0.05, 0) is 25.0 Å². The molecule has 1 N–H and O–H groups in total. The van der Waals surface area contributed by atoms with E-state index in [4.69, 9.17) is 0 Å².